The lowest BCUT2D eigenvalue weighted by Gasteiger charge is -2.30. The minimum Gasteiger partial charge on any atom is -0.342 e. The number of amides is 1. The maximum absolute atomic E-state index is 12.8. The number of hydrogen-bond acceptors (Lipinski definition) is 2. The Balaban J connectivity index is 0.00000176. The van der Waals surface area contributed by atoms with Crippen LogP contribution >= 0.6 is 12.4 Å². The smallest absolute Gasteiger partial charge is 0.226 e. The zero-order valence-electron chi connectivity index (χ0n) is 14.5. The van der Waals surface area contributed by atoms with Crippen LogP contribution in [-0.2, 0) is 4.79 Å². The molecular formula is C18H33ClN2O. The number of likely N-dealkylation sites (tertiary alicyclic amines) is 1. The molecule has 2 atom stereocenters. The minimum atomic E-state index is 0. The van der Waals surface area contributed by atoms with Crippen LogP contribution in [0.3, 0.4) is 0 Å². The number of rotatable bonds is 1. The summed E-state index contributed by atoms with van der Waals surface area (Å²) in [5.74, 6) is 1.60. The molecule has 2 heterocycles. The van der Waals surface area contributed by atoms with Crippen molar-refractivity contribution in [1.82, 2.24) is 10.2 Å². The molecule has 1 aliphatic carbocycles. The number of piperidine rings is 1. The van der Waals surface area contributed by atoms with E-state index in [9.17, 15) is 4.79 Å². The van der Waals surface area contributed by atoms with Crippen molar-refractivity contribution in [1.29, 1.82) is 0 Å². The highest BCUT2D eigenvalue weighted by molar-refractivity contribution is 5.85. The molecule has 0 aromatic heterocycles. The number of carbonyl (C=O) groups excluding carboxylic acids is 1. The Morgan fingerprint density at radius 2 is 1.82 bits per heavy atom. The molecule has 3 fully saturated rings. The van der Waals surface area contributed by atoms with Crippen molar-refractivity contribution in [2.75, 3.05) is 26.2 Å². The van der Waals surface area contributed by atoms with Gasteiger partial charge in [0.15, 0.2) is 0 Å². The fourth-order valence-electron chi connectivity index (χ4n) is 4.58. The molecule has 2 saturated heterocycles. The first-order valence-electron chi connectivity index (χ1n) is 8.92. The van der Waals surface area contributed by atoms with Gasteiger partial charge in [0.2, 0.25) is 5.91 Å². The van der Waals surface area contributed by atoms with Gasteiger partial charge in [-0.2, -0.15) is 0 Å². The summed E-state index contributed by atoms with van der Waals surface area (Å²) in [6.45, 7) is 11.2. The second-order valence-corrected chi connectivity index (χ2v) is 8.69. The van der Waals surface area contributed by atoms with Crippen LogP contribution in [0.5, 0.6) is 0 Å². The molecule has 1 spiro atoms. The number of carbonyl (C=O) groups is 1. The predicted molar refractivity (Wildman–Crippen MR) is 93.3 cm³/mol. The molecule has 3 nitrogen and oxygen atoms in total. The van der Waals surface area contributed by atoms with E-state index in [0.29, 0.717) is 22.7 Å². The summed E-state index contributed by atoms with van der Waals surface area (Å²) in [6.07, 6.45) is 7.24. The molecule has 4 heteroatoms. The van der Waals surface area contributed by atoms with Crippen molar-refractivity contribution in [2.45, 2.75) is 59.3 Å². The molecule has 22 heavy (non-hydrogen) atoms. The summed E-state index contributed by atoms with van der Waals surface area (Å²) in [7, 11) is 0. The van der Waals surface area contributed by atoms with Crippen LogP contribution in [-0.4, -0.2) is 37.0 Å². The van der Waals surface area contributed by atoms with Gasteiger partial charge in [0.25, 0.3) is 0 Å². The molecule has 2 aliphatic heterocycles. The zero-order chi connectivity index (χ0) is 15.1. The van der Waals surface area contributed by atoms with Crippen LogP contribution in [0.15, 0.2) is 0 Å². The van der Waals surface area contributed by atoms with E-state index in [1.165, 1.54) is 32.1 Å². The molecule has 3 rings (SSSR count). The van der Waals surface area contributed by atoms with E-state index >= 15 is 0 Å². The van der Waals surface area contributed by atoms with Gasteiger partial charge in [-0.1, -0.05) is 20.8 Å². The number of nitrogens with one attached hydrogen (secondary N) is 1. The minimum absolute atomic E-state index is 0. The lowest BCUT2D eigenvalue weighted by molar-refractivity contribution is -0.133. The Bertz CT molecular complexity index is 398. The molecule has 0 aromatic rings. The van der Waals surface area contributed by atoms with Crippen molar-refractivity contribution in [2.24, 2.45) is 22.7 Å². The van der Waals surface area contributed by atoms with E-state index in [1.807, 2.05) is 0 Å². The summed E-state index contributed by atoms with van der Waals surface area (Å²) < 4.78 is 0. The van der Waals surface area contributed by atoms with Crippen LogP contribution in [0.4, 0.5) is 0 Å². The van der Waals surface area contributed by atoms with Crippen molar-refractivity contribution in [3.05, 3.63) is 0 Å². The maximum Gasteiger partial charge on any atom is 0.226 e. The highest BCUT2D eigenvalue weighted by Gasteiger charge is 2.58. The Kier molecular flexibility index (Phi) is 5.49. The van der Waals surface area contributed by atoms with E-state index in [0.717, 1.165) is 38.5 Å². The topological polar surface area (TPSA) is 32.3 Å². The Labute approximate surface area is 142 Å². The summed E-state index contributed by atoms with van der Waals surface area (Å²) in [5.41, 5.74) is 0.771. The standard InChI is InChI=1S/C18H32N2O.ClH/c1-17(2,3)14-5-4-11-20(12-6-14)16(21)15-13-18(15)7-9-19-10-8-18;/h14-15,19H,4-13H2,1-3H3;1H. The molecule has 128 valence electrons. The highest BCUT2D eigenvalue weighted by Crippen LogP contribution is 2.59. The van der Waals surface area contributed by atoms with Gasteiger partial charge >= 0.3 is 0 Å². The number of nitrogens with zero attached hydrogens (tertiary/aromatic N) is 1. The average Bonchev–Trinajstić information content (AvgIpc) is 3.17. The average molecular weight is 329 g/mol. The molecule has 0 aromatic carbocycles. The van der Waals surface area contributed by atoms with E-state index in [1.54, 1.807) is 0 Å². The van der Waals surface area contributed by atoms with Gasteiger partial charge in [0, 0.05) is 19.0 Å². The molecule has 0 bridgehead atoms. The van der Waals surface area contributed by atoms with Crippen LogP contribution < -0.4 is 5.32 Å². The van der Waals surface area contributed by atoms with Crippen LogP contribution in [0.1, 0.15) is 59.3 Å². The first-order chi connectivity index (χ1) is 9.92. The third-order valence-electron chi connectivity index (χ3n) is 6.35. The van der Waals surface area contributed by atoms with E-state index in [4.69, 9.17) is 0 Å². The monoisotopic (exact) mass is 328 g/mol. The van der Waals surface area contributed by atoms with Crippen molar-refractivity contribution in [3.8, 4) is 0 Å². The molecule has 1 N–H and O–H groups in total. The van der Waals surface area contributed by atoms with E-state index in [2.05, 4.69) is 31.0 Å². The third kappa shape index (κ3) is 3.62. The summed E-state index contributed by atoms with van der Waals surface area (Å²) in [6, 6.07) is 0. The largest absolute Gasteiger partial charge is 0.342 e. The molecular weight excluding hydrogens is 296 g/mol. The summed E-state index contributed by atoms with van der Waals surface area (Å²) in [5, 5.41) is 3.43. The lowest BCUT2D eigenvalue weighted by Crippen LogP contribution is -2.37. The molecule has 1 saturated carbocycles. The molecule has 0 radical (unpaired) electrons. The molecule has 1 amide bonds. The van der Waals surface area contributed by atoms with Gasteiger partial charge in [-0.15, -0.1) is 12.4 Å². The molecule has 2 unspecified atom stereocenters. The predicted octanol–water partition coefficient (Wildman–Crippen LogP) is 3.47. The van der Waals surface area contributed by atoms with Crippen molar-refractivity contribution >= 4 is 18.3 Å². The van der Waals surface area contributed by atoms with E-state index < -0.39 is 0 Å². The molecule has 3 aliphatic rings. The van der Waals surface area contributed by atoms with Crippen LogP contribution in [0.25, 0.3) is 0 Å². The normalized spacial score (nSPS) is 31.3. The van der Waals surface area contributed by atoms with Crippen LogP contribution in [0.2, 0.25) is 0 Å². The SMILES string of the molecule is CC(C)(C)C1CCCN(C(=O)C2CC23CCNCC3)CC1.Cl. The van der Waals surface area contributed by atoms with Gasteiger partial charge in [-0.3, -0.25) is 4.79 Å². The Morgan fingerprint density at radius 3 is 2.45 bits per heavy atom. The fourth-order valence-corrected chi connectivity index (χ4v) is 4.58. The number of hydrogen-bond donors (Lipinski definition) is 1. The first-order valence-corrected chi connectivity index (χ1v) is 8.92. The summed E-state index contributed by atoms with van der Waals surface area (Å²) >= 11 is 0. The van der Waals surface area contributed by atoms with Gasteiger partial charge in [0.1, 0.15) is 0 Å². The van der Waals surface area contributed by atoms with Gasteiger partial charge < -0.3 is 10.2 Å². The first kappa shape index (κ1) is 18.1. The van der Waals surface area contributed by atoms with Gasteiger partial charge in [0.05, 0.1) is 0 Å². The highest BCUT2D eigenvalue weighted by atomic mass is 35.5. The Hall–Kier alpha value is -0.280. The quantitative estimate of drug-likeness (QED) is 0.799. The summed E-state index contributed by atoms with van der Waals surface area (Å²) in [4.78, 5) is 15.1. The second kappa shape index (κ2) is 6.68. The van der Waals surface area contributed by atoms with Crippen molar-refractivity contribution < 1.29 is 4.79 Å². The zero-order valence-corrected chi connectivity index (χ0v) is 15.3. The van der Waals surface area contributed by atoms with Crippen LogP contribution in [0, 0.1) is 22.7 Å². The van der Waals surface area contributed by atoms with Crippen molar-refractivity contribution in [3.63, 3.8) is 0 Å². The third-order valence-corrected chi connectivity index (χ3v) is 6.35. The Morgan fingerprint density at radius 1 is 1.14 bits per heavy atom. The van der Waals surface area contributed by atoms with Gasteiger partial charge in [-0.05, 0) is 68.4 Å². The lowest BCUT2D eigenvalue weighted by atomic mass is 9.77. The number of halogens is 1. The van der Waals surface area contributed by atoms with E-state index in [-0.39, 0.29) is 12.4 Å². The fraction of sp³-hybridized carbons (Fsp3) is 0.944. The second-order valence-electron chi connectivity index (χ2n) is 8.69. The van der Waals surface area contributed by atoms with Gasteiger partial charge in [-0.25, -0.2) is 0 Å². The maximum atomic E-state index is 12.8.